The predicted molar refractivity (Wildman–Crippen MR) is 96.8 cm³/mol. The zero-order valence-corrected chi connectivity index (χ0v) is 14.4. The predicted octanol–water partition coefficient (Wildman–Crippen LogP) is 4.49. The monoisotopic (exact) mass is 316 g/mol. The molecule has 0 bridgehead atoms. The number of rotatable bonds is 5. The quantitative estimate of drug-likeness (QED) is 0.806. The summed E-state index contributed by atoms with van der Waals surface area (Å²) in [5.41, 5.74) is 1.35. The van der Waals surface area contributed by atoms with Crippen molar-refractivity contribution in [2.45, 2.75) is 70.5 Å². The lowest BCUT2D eigenvalue weighted by molar-refractivity contribution is 0.281. The summed E-state index contributed by atoms with van der Waals surface area (Å²) in [5.74, 6) is 0.829. The molecule has 0 aliphatic heterocycles. The van der Waals surface area contributed by atoms with E-state index in [1.165, 1.54) is 50.5 Å². The summed E-state index contributed by atoms with van der Waals surface area (Å²) >= 11 is 5.79. The van der Waals surface area contributed by atoms with Crippen LogP contribution in [0, 0.1) is 5.92 Å². The van der Waals surface area contributed by atoms with E-state index in [0.717, 1.165) is 17.6 Å². The van der Waals surface area contributed by atoms with Crippen LogP contribution in [0.1, 0.15) is 57.4 Å². The molecule has 22 heavy (non-hydrogen) atoms. The number of benzene rings is 1. The third kappa shape index (κ3) is 4.22. The SMILES string of the molecule is CC(C1CC1)N(Cc1ccccc1)C(=S)NC1CCCCC1. The fraction of sp³-hybridized carbons (Fsp3) is 0.632. The highest BCUT2D eigenvalue weighted by Gasteiger charge is 2.33. The van der Waals surface area contributed by atoms with Crippen LogP contribution in [-0.4, -0.2) is 22.1 Å². The summed E-state index contributed by atoms with van der Waals surface area (Å²) in [6.07, 6.45) is 9.34. The van der Waals surface area contributed by atoms with Crippen LogP contribution >= 0.6 is 12.2 Å². The Balaban J connectivity index is 1.65. The molecular weight excluding hydrogens is 288 g/mol. The zero-order valence-electron chi connectivity index (χ0n) is 13.6. The van der Waals surface area contributed by atoms with E-state index < -0.39 is 0 Å². The molecule has 0 aromatic heterocycles. The van der Waals surface area contributed by atoms with Crippen molar-refractivity contribution >= 4 is 17.3 Å². The highest BCUT2D eigenvalue weighted by Crippen LogP contribution is 2.35. The van der Waals surface area contributed by atoms with E-state index in [0.29, 0.717) is 12.1 Å². The van der Waals surface area contributed by atoms with Crippen molar-refractivity contribution in [3.05, 3.63) is 35.9 Å². The van der Waals surface area contributed by atoms with Crippen LogP contribution in [0.3, 0.4) is 0 Å². The first-order valence-corrected chi connectivity index (χ1v) is 9.26. The van der Waals surface area contributed by atoms with E-state index in [-0.39, 0.29) is 0 Å². The topological polar surface area (TPSA) is 15.3 Å². The molecule has 2 saturated carbocycles. The van der Waals surface area contributed by atoms with Crippen LogP contribution in [0.25, 0.3) is 0 Å². The van der Waals surface area contributed by atoms with Crippen molar-refractivity contribution in [1.82, 2.24) is 10.2 Å². The Bertz CT molecular complexity index is 477. The number of thiocarbonyl (C=S) groups is 1. The first-order chi connectivity index (χ1) is 10.7. The van der Waals surface area contributed by atoms with E-state index in [1.807, 2.05) is 0 Å². The van der Waals surface area contributed by atoms with Crippen molar-refractivity contribution < 1.29 is 0 Å². The maximum absolute atomic E-state index is 5.79. The third-order valence-corrected chi connectivity index (χ3v) is 5.54. The number of nitrogens with zero attached hydrogens (tertiary/aromatic N) is 1. The molecule has 0 radical (unpaired) electrons. The maximum atomic E-state index is 5.79. The molecule has 0 saturated heterocycles. The molecular formula is C19H28N2S. The first-order valence-electron chi connectivity index (χ1n) is 8.85. The van der Waals surface area contributed by atoms with Crippen molar-refractivity contribution in [3.8, 4) is 0 Å². The molecule has 3 rings (SSSR count). The molecule has 1 aromatic carbocycles. The number of hydrogen-bond acceptors (Lipinski definition) is 1. The van der Waals surface area contributed by atoms with E-state index in [2.05, 4.69) is 47.5 Å². The van der Waals surface area contributed by atoms with Gasteiger partial charge in [-0.15, -0.1) is 0 Å². The minimum atomic E-state index is 0.545. The van der Waals surface area contributed by atoms with Gasteiger partial charge in [-0.2, -0.15) is 0 Å². The highest BCUT2D eigenvalue weighted by molar-refractivity contribution is 7.80. The molecule has 2 nitrogen and oxygen atoms in total. The Morgan fingerprint density at radius 2 is 1.82 bits per heavy atom. The van der Waals surface area contributed by atoms with E-state index in [4.69, 9.17) is 12.2 Å². The Morgan fingerprint density at radius 3 is 2.45 bits per heavy atom. The van der Waals surface area contributed by atoms with Gasteiger partial charge in [0.15, 0.2) is 5.11 Å². The largest absolute Gasteiger partial charge is 0.360 e. The Morgan fingerprint density at radius 1 is 1.14 bits per heavy atom. The van der Waals surface area contributed by atoms with Gasteiger partial charge in [-0.05, 0) is 56.3 Å². The van der Waals surface area contributed by atoms with Gasteiger partial charge in [0, 0.05) is 18.6 Å². The molecule has 2 aliphatic rings. The summed E-state index contributed by atoms with van der Waals surface area (Å²) in [4.78, 5) is 2.43. The molecule has 3 heteroatoms. The lowest BCUT2D eigenvalue weighted by Gasteiger charge is -2.35. The summed E-state index contributed by atoms with van der Waals surface area (Å²) in [6.45, 7) is 3.27. The second-order valence-electron chi connectivity index (χ2n) is 6.98. The Labute approximate surface area is 140 Å². The zero-order chi connectivity index (χ0) is 15.4. The highest BCUT2D eigenvalue weighted by atomic mass is 32.1. The second kappa shape index (κ2) is 7.45. The van der Waals surface area contributed by atoms with Crippen LogP contribution in [0.2, 0.25) is 0 Å². The normalized spacial score (nSPS) is 20.4. The van der Waals surface area contributed by atoms with Crippen LogP contribution in [0.4, 0.5) is 0 Å². The number of nitrogens with one attached hydrogen (secondary N) is 1. The molecule has 1 unspecified atom stereocenters. The van der Waals surface area contributed by atoms with Gasteiger partial charge in [0.25, 0.3) is 0 Å². The number of hydrogen-bond donors (Lipinski definition) is 1. The van der Waals surface area contributed by atoms with Gasteiger partial charge in [0.05, 0.1) is 0 Å². The summed E-state index contributed by atoms with van der Waals surface area (Å²) in [7, 11) is 0. The van der Waals surface area contributed by atoms with E-state index in [1.54, 1.807) is 0 Å². The smallest absolute Gasteiger partial charge is 0.169 e. The van der Waals surface area contributed by atoms with Crippen molar-refractivity contribution in [2.75, 3.05) is 0 Å². The molecule has 0 spiro atoms. The van der Waals surface area contributed by atoms with Gasteiger partial charge in [-0.3, -0.25) is 0 Å². The molecule has 2 fully saturated rings. The van der Waals surface area contributed by atoms with Gasteiger partial charge in [0.2, 0.25) is 0 Å². The third-order valence-electron chi connectivity index (χ3n) is 5.19. The maximum Gasteiger partial charge on any atom is 0.169 e. The summed E-state index contributed by atoms with van der Waals surface area (Å²) < 4.78 is 0. The van der Waals surface area contributed by atoms with Crippen LogP contribution in [0.5, 0.6) is 0 Å². The minimum Gasteiger partial charge on any atom is -0.360 e. The van der Waals surface area contributed by atoms with Gasteiger partial charge >= 0.3 is 0 Å². The van der Waals surface area contributed by atoms with Gasteiger partial charge in [-0.1, -0.05) is 49.6 Å². The second-order valence-corrected chi connectivity index (χ2v) is 7.36. The van der Waals surface area contributed by atoms with Crippen LogP contribution in [0.15, 0.2) is 30.3 Å². The fourth-order valence-electron chi connectivity index (χ4n) is 3.52. The lowest BCUT2D eigenvalue weighted by atomic mass is 9.96. The van der Waals surface area contributed by atoms with Crippen molar-refractivity contribution in [1.29, 1.82) is 0 Å². The standard InChI is InChI=1S/C19H28N2S/c1-15(17-12-13-17)21(14-16-8-4-2-5-9-16)19(22)20-18-10-6-3-7-11-18/h2,4-5,8-9,15,17-18H,3,6-7,10-14H2,1H3,(H,20,22). The van der Waals surface area contributed by atoms with Gasteiger partial charge in [-0.25, -0.2) is 0 Å². The van der Waals surface area contributed by atoms with Crippen LogP contribution < -0.4 is 5.32 Å². The van der Waals surface area contributed by atoms with Crippen molar-refractivity contribution in [3.63, 3.8) is 0 Å². The summed E-state index contributed by atoms with van der Waals surface area (Å²) in [5, 5.41) is 4.63. The molecule has 2 aliphatic carbocycles. The first kappa shape index (κ1) is 15.8. The van der Waals surface area contributed by atoms with Crippen molar-refractivity contribution in [2.24, 2.45) is 5.92 Å². The molecule has 120 valence electrons. The average molecular weight is 317 g/mol. The van der Waals surface area contributed by atoms with E-state index >= 15 is 0 Å². The molecule has 0 amide bonds. The molecule has 0 heterocycles. The molecule has 1 atom stereocenters. The minimum absolute atomic E-state index is 0.545. The van der Waals surface area contributed by atoms with Gasteiger partial charge in [0.1, 0.15) is 0 Å². The van der Waals surface area contributed by atoms with E-state index in [9.17, 15) is 0 Å². The Hall–Kier alpha value is -1.09. The Kier molecular flexibility index (Phi) is 5.35. The van der Waals surface area contributed by atoms with Gasteiger partial charge < -0.3 is 10.2 Å². The summed E-state index contributed by atoms with van der Waals surface area (Å²) in [6, 6.07) is 11.9. The van der Waals surface area contributed by atoms with Crippen LogP contribution in [-0.2, 0) is 6.54 Å². The molecule has 1 aromatic rings. The molecule has 1 N–H and O–H groups in total. The fourth-order valence-corrected chi connectivity index (χ4v) is 3.92. The lowest BCUT2D eigenvalue weighted by Crippen LogP contribution is -2.49. The average Bonchev–Trinajstić information content (AvgIpc) is 3.39.